The lowest BCUT2D eigenvalue weighted by Gasteiger charge is -2.13. The Kier molecular flexibility index (Phi) is 5.96. The highest BCUT2D eigenvalue weighted by Crippen LogP contribution is 2.32. The lowest BCUT2D eigenvalue weighted by atomic mass is 10.2. The largest absolute Gasteiger partial charge is 0.492 e. The van der Waals surface area contributed by atoms with E-state index in [4.69, 9.17) is 27.9 Å². The molecule has 0 aromatic heterocycles. The zero-order valence-electron chi connectivity index (χ0n) is 9.65. The van der Waals surface area contributed by atoms with Crippen LogP contribution >= 0.6 is 23.2 Å². The van der Waals surface area contributed by atoms with Crippen molar-refractivity contribution in [2.24, 2.45) is 0 Å². The van der Waals surface area contributed by atoms with E-state index in [1.807, 2.05) is 13.0 Å². The molecule has 0 atom stereocenters. The number of ether oxygens (including phenoxy) is 1. The molecule has 90 valence electrons. The number of halogens is 2. The minimum atomic E-state index is 0.572. The molecule has 0 aliphatic carbocycles. The summed E-state index contributed by atoms with van der Waals surface area (Å²) in [5.74, 6) is 0.733. The van der Waals surface area contributed by atoms with E-state index in [2.05, 4.69) is 12.2 Å². The molecule has 1 rings (SSSR count). The van der Waals surface area contributed by atoms with E-state index in [0.29, 0.717) is 16.7 Å². The normalized spacial score (nSPS) is 10.5. The molecule has 0 saturated carbocycles. The molecule has 0 unspecified atom stereocenters. The van der Waals surface area contributed by atoms with Crippen molar-refractivity contribution in [2.45, 2.75) is 26.8 Å². The maximum absolute atomic E-state index is 6.09. The van der Waals surface area contributed by atoms with Crippen molar-refractivity contribution in [3.63, 3.8) is 0 Å². The summed E-state index contributed by atoms with van der Waals surface area (Å²) in [6.07, 6.45) is 1.10. The molecule has 0 aliphatic rings. The van der Waals surface area contributed by atoms with Gasteiger partial charge in [-0.25, -0.2) is 0 Å². The van der Waals surface area contributed by atoms with Crippen LogP contribution in [0.4, 0.5) is 0 Å². The molecule has 0 aliphatic heterocycles. The standard InChI is InChI=1S/C12H17Cl2NO/c1-3-5-15-8-9-6-10(13)7-11(14)12(9)16-4-2/h6-7,15H,3-5,8H2,1-2H3. The summed E-state index contributed by atoms with van der Waals surface area (Å²) in [5, 5.41) is 4.52. The summed E-state index contributed by atoms with van der Waals surface area (Å²) in [6.45, 7) is 6.36. The van der Waals surface area contributed by atoms with Gasteiger partial charge >= 0.3 is 0 Å². The molecule has 0 bridgehead atoms. The number of hydrogen-bond acceptors (Lipinski definition) is 2. The molecule has 1 aromatic carbocycles. The van der Waals surface area contributed by atoms with Gasteiger partial charge in [0.25, 0.3) is 0 Å². The van der Waals surface area contributed by atoms with Crippen LogP contribution in [0, 0.1) is 0 Å². The molecule has 4 heteroatoms. The highest BCUT2D eigenvalue weighted by molar-refractivity contribution is 6.35. The van der Waals surface area contributed by atoms with Gasteiger partial charge in [-0.1, -0.05) is 30.1 Å². The summed E-state index contributed by atoms with van der Waals surface area (Å²) in [7, 11) is 0. The maximum Gasteiger partial charge on any atom is 0.142 e. The van der Waals surface area contributed by atoms with Crippen LogP contribution in [0.1, 0.15) is 25.8 Å². The van der Waals surface area contributed by atoms with Crippen molar-refractivity contribution < 1.29 is 4.74 Å². The van der Waals surface area contributed by atoms with Gasteiger partial charge in [-0.2, -0.15) is 0 Å². The SMILES string of the molecule is CCCNCc1cc(Cl)cc(Cl)c1OCC. The minimum absolute atomic E-state index is 0.572. The number of benzene rings is 1. The van der Waals surface area contributed by atoms with Crippen LogP contribution in [-0.2, 0) is 6.54 Å². The van der Waals surface area contributed by atoms with Crippen LogP contribution in [0.25, 0.3) is 0 Å². The van der Waals surface area contributed by atoms with Gasteiger partial charge in [0.1, 0.15) is 5.75 Å². The van der Waals surface area contributed by atoms with Crippen LogP contribution < -0.4 is 10.1 Å². The Labute approximate surface area is 107 Å². The third-order valence-corrected chi connectivity index (χ3v) is 2.62. The third-order valence-electron chi connectivity index (χ3n) is 2.12. The Bertz CT molecular complexity index is 342. The number of nitrogens with one attached hydrogen (secondary N) is 1. The fourth-order valence-corrected chi connectivity index (χ4v) is 2.04. The Morgan fingerprint density at radius 3 is 2.62 bits per heavy atom. The van der Waals surface area contributed by atoms with Gasteiger partial charge in [0, 0.05) is 17.1 Å². The Morgan fingerprint density at radius 2 is 2.00 bits per heavy atom. The minimum Gasteiger partial charge on any atom is -0.492 e. The molecule has 0 amide bonds. The van der Waals surface area contributed by atoms with E-state index in [0.717, 1.165) is 30.8 Å². The van der Waals surface area contributed by atoms with Gasteiger partial charge in [0.15, 0.2) is 0 Å². The van der Waals surface area contributed by atoms with Gasteiger partial charge in [0.05, 0.1) is 11.6 Å². The number of rotatable bonds is 6. The van der Waals surface area contributed by atoms with E-state index in [9.17, 15) is 0 Å². The molecule has 0 radical (unpaired) electrons. The van der Waals surface area contributed by atoms with Crippen molar-refractivity contribution in [1.29, 1.82) is 0 Å². The number of hydrogen-bond donors (Lipinski definition) is 1. The quantitative estimate of drug-likeness (QED) is 0.785. The molecule has 16 heavy (non-hydrogen) atoms. The molecule has 1 N–H and O–H groups in total. The van der Waals surface area contributed by atoms with Crippen LogP contribution in [0.2, 0.25) is 10.0 Å². The van der Waals surface area contributed by atoms with Crippen LogP contribution in [0.3, 0.4) is 0 Å². The molecule has 2 nitrogen and oxygen atoms in total. The summed E-state index contributed by atoms with van der Waals surface area (Å²) >= 11 is 12.1. The first-order chi connectivity index (χ1) is 7.69. The predicted octanol–water partition coefficient (Wildman–Crippen LogP) is 3.89. The van der Waals surface area contributed by atoms with Gasteiger partial charge in [-0.05, 0) is 32.0 Å². The molecule has 0 heterocycles. The second-order valence-electron chi connectivity index (χ2n) is 3.49. The highest BCUT2D eigenvalue weighted by Gasteiger charge is 2.09. The van der Waals surface area contributed by atoms with Crippen molar-refractivity contribution >= 4 is 23.2 Å². The zero-order chi connectivity index (χ0) is 12.0. The summed E-state index contributed by atoms with van der Waals surface area (Å²) in [6, 6.07) is 3.60. The molecule has 0 fully saturated rings. The monoisotopic (exact) mass is 261 g/mol. The van der Waals surface area contributed by atoms with Crippen molar-refractivity contribution in [2.75, 3.05) is 13.2 Å². The van der Waals surface area contributed by atoms with Crippen molar-refractivity contribution in [3.8, 4) is 5.75 Å². The van der Waals surface area contributed by atoms with E-state index in [1.54, 1.807) is 6.07 Å². The summed E-state index contributed by atoms with van der Waals surface area (Å²) in [4.78, 5) is 0. The van der Waals surface area contributed by atoms with Crippen LogP contribution in [0.15, 0.2) is 12.1 Å². The first-order valence-corrected chi connectivity index (χ1v) is 6.26. The first kappa shape index (κ1) is 13.6. The second kappa shape index (κ2) is 7.00. The smallest absolute Gasteiger partial charge is 0.142 e. The predicted molar refractivity (Wildman–Crippen MR) is 69.6 cm³/mol. The molecule has 0 spiro atoms. The van der Waals surface area contributed by atoms with Gasteiger partial charge in [-0.15, -0.1) is 0 Å². The van der Waals surface area contributed by atoms with Crippen LogP contribution in [0.5, 0.6) is 5.75 Å². The maximum atomic E-state index is 6.09. The Morgan fingerprint density at radius 1 is 1.25 bits per heavy atom. The fourth-order valence-electron chi connectivity index (χ4n) is 1.45. The lowest BCUT2D eigenvalue weighted by molar-refractivity contribution is 0.335. The van der Waals surface area contributed by atoms with Gasteiger partial charge < -0.3 is 10.1 Å². The average molecular weight is 262 g/mol. The average Bonchev–Trinajstić information content (AvgIpc) is 2.23. The van der Waals surface area contributed by atoms with Crippen molar-refractivity contribution in [1.82, 2.24) is 5.32 Å². The first-order valence-electron chi connectivity index (χ1n) is 5.50. The lowest BCUT2D eigenvalue weighted by Crippen LogP contribution is -2.14. The third kappa shape index (κ3) is 3.85. The highest BCUT2D eigenvalue weighted by atomic mass is 35.5. The summed E-state index contributed by atoms with van der Waals surface area (Å²) in [5.41, 5.74) is 1.01. The summed E-state index contributed by atoms with van der Waals surface area (Å²) < 4.78 is 5.52. The van der Waals surface area contributed by atoms with E-state index in [1.165, 1.54) is 0 Å². The molecule has 1 aromatic rings. The molecule has 0 saturated heterocycles. The van der Waals surface area contributed by atoms with E-state index < -0.39 is 0 Å². The topological polar surface area (TPSA) is 21.3 Å². The second-order valence-corrected chi connectivity index (χ2v) is 4.33. The Hall–Kier alpha value is -0.440. The zero-order valence-corrected chi connectivity index (χ0v) is 11.2. The van der Waals surface area contributed by atoms with Crippen LogP contribution in [-0.4, -0.2) is 13.2 Å². The van der Waals surface area contributed by atoms with Crippen molar-refractivity contribution in [3.05, 3.63) is 27.7 Å². The Balaban J connectivity index is 2.85. The molecular weight excluding hydrogens is 245 g/mol. The van der Waals surface area contributed by atoms with Gasteiger partial charge in [0.2, 0.25) is 0 Å². The molecular formula is C12H17Cl2NO. The van der Waals surface area contributed by atoms with E-state index >= 15 is 0 Å². The van der Waals surface area contributed by atoms with Gasteiger partial charge in [-0.3, -0.25) is 0 Å². The van der Waals surface area contributed by atoms with E-state index in [-0.39, 0.29) is 0 Å². The fraction of sp³-hybridized carbons (Fsp3) is 0.500.